The molecular weight excluding hydrogens is 252 g/mol. The summed E-state index contributed by atoms with van der Waals surface area (Å²) < 4.78 is 48.5. The average molecular weight is 263 g/mol. The van der Waals surface area contributed by atoms with Gasteiger partial charge in [0.05, 0.1) is 11.5 Å². The lowest BCUT2D eigenvalue weighted by molar-refractivity contribution is 0.577. The second-order valence-corrected chi connectivity index (χ2v) is 6.16. The number of hydrogen-bond acceptors (Lipinski definition) is 5. The third-order valence-corrected chi connectivity index (χ3v) is 4.30. The quantitative estimate of drug-likeness (QED) is 0.813. The molecule has 0 aromatic carbocycles. The van der Waals surface area contributed by atoms with Gasteiger partial charge in [-0.15, -0.1) is 0 Å². The Morgan fingerprint density at radius 2 is 2.12 bits per heavy atom. The molecule has 1 unspecified atom stereocenters. The fourth-order valence-electron chi connectivity index (χ4n) is 1.68. The fourth-order valence-corrected chi connectivity index (χ4v) is 3.36. The molecule has 0 saturated carbocycles. The molecule has 5 nitrogen and oxygen atoms in total. The smallest absolute Gasteiger partial charge is 0.168 e. The predicted octanol–water partition coefficient (Wildman–Crippen LogP) is 0.541. The SMILES string of the molecule is Nc1nc(NC2CCS(=O)(=O)C2)c(F)cc1F. The number of aromatic nitrogens is 1. The van der Waals surface area contributed by atoms with Crippen LogP contribution in [0.2, 0.25) is 0 Å². The summed E-state index contributed by atoms with van der Waals surface area (Å²) in [5.41, 5.74) is 5.21. The van der Waals surface area contributed by atoms with Crippen LogP contribution in [0.3, 0.4) is 0 Å². The van der Waals surface area contributed by atoms with Crippen LogP contribution < -0.4 is 11.1 Å². The van der Waals surface area contributed by atoms with Crippen LogP contribution in [0, 0.1) is 11.6 Å². The molecule has 2 heterocycles. The number of nitrogens with two attached hydrogens (primary N) is 1. The lowest BCUT2D eigenvalue weighted by atomic mass is 10.2. The molecule has 0 amide bonds. The Labute approximate surface area is 97.0 Å². The van der Waals surface area contributed by atoms with Gasteiger partial charge in [-0.2, -0.15) is 0 Å². The first-order valence-electron chi connectivity index (χ1n) is 4.96. The molecule has 0 spiro atoms. The zero-order valence-electron chi connectivity index (χ0n) is 8.78. The number of halogens is 2. The van der Waals surface area contributed by atoms with Gasteiger partial charge in [0.1, 0.15) is 0 Å². The minimum atomic E-state index is -3.06. The van der Waals surface area contributed by atoms with Crippen LogP contribution in [0.5, 0.6) is 0 Å². The van der Waals surface area contributed by atoms with Gasteiger partial charge in [0.2, 0.25) is 0 Å². The normalized spacial score (nSPS) is 22.6. The molecular formula is C9H11F2N3O2S. The van der Waals surface area contributed by atoms with E-state index in [9.17, 15) is 17.2 Å². The first-order chi connectivity index (χ1) is 7.87. The summed E-state index contributed by atoms with van der Waals surface area (Å²) in [6, 6.07) is 0.209. The Morgan fingerprint density at radius 1 is 1.41 bits per heavy atom. The van der Waals surface area contributed by atoms with Crippen molar-refractivity contribution in [1.82, 2.24) is 4.98 Å². The third-order valence-electron chi connectivity index (χ3n) is 2.53. The van der Waals surface area contributed by atoms with Gasteiger partial charge in [0, 0.05) is 12.1 Å². The van der Waals surface area contributed by atoms with Crippen molar-refractivity contribution in [3.63, 3.8) is 0 Å². The van der Waals surface area contributed by atoms with E-state index in [1.54, 1.807) is 0 Å². The molecule has 1 atom stereocenters. The van der Waals surface area contributed by atoms with Crippen LogP contribution in [-0.4, -0.2) is 30.9 Å². The topological polar surface area (TPSA) is 85.1 Å². The van der Waals surface area contributed by atoms with Crippen molar-refractivity contribution < 1.29 is 17.2 Å². The lowest BCUT2D eigenvalue weighted by Gasteiger charge is -2.12. The standard InChI is InChI=1S/C9H11F2N3O2S/c10-6-3-7(11)9(14-8(6)12)13-5-1-2-17(15,16)4-5/h3,5H,1-2,4H2,(H3,12,13,14). The summed E-state index contributed by atoms with van der Waals surface area (Å²) in [4.78, 5) is 3.51. The number of nitrogens with one attached hydrogen (secondary N) is 1. The summed E-state index contributed by atoms with van der Waals surface area (Å²) in [6.45, 7) is 0. The summed E-state index contributed by atoms with van der Waals surface area (Å²) in [5.74, 6) is -2.48. The van der Waals surface area contributed by atoms with E-state index in [4.69, 9.17) is 5.73 Å². The van der Waals surface area contributed by atoms with Crippen LogP contribution in [0.1, 0.15) is 6.42 Å². The molecule has 1 saturated heterocycles. The van der Waals surface area contributed by atoms with E-state index in [1.807, 2.05) is 0 Å². The summed E-state index contributed by atoms with van der Waals surface area (Å²) in [6.07, 6.45) is 0.376. The van der Waals surface area contributed by atoms with Crippen molar-refractivity contribution in [3.8, 4) is 0 Å². The Balaban J connectivity index is 2.17. The molecule has 1 aliphatic rings. The van der Waals surface area contributed by atoms with Crippen molar-refractivity contribution in [1.29, 1.82) is 0 Å². The van der Waals surface area contributed by atoms with Crippen LogP contribution >= 0.6 is 0 Å². The number of nitrogen functional groups attached to an aromatic ring is 1. The van der Waals surface area contributed by atoms with Gasteiger partial charge in [-0.05, 0) is 6.42 Å². The van der Waals surface area contributed by atoms with Crippen molar-refractivity contribution in [2.75, 3.05) is 22.6 Å². The van der Waals surface area contributed by atoms with E-state index in [0.29, 0.717) is 12.5 Å². The minimum Gasteiger partial charge on any atom is -0.381 e. The highest BCUT2D eigenvalue weighted by Gasteiger charge is 2.28. The van der Waals surface area contributed by atoms with Crippen LogP contribution in [-0.2, 0) is 9.84 Å². The highest BCUT2D eigenvalue weighted by Crippen LogP contribution is 2.21. The lowest BCUT2D eigenvalue weighted by Crippen LogP contribution is -2.22. The first-order valence-corrected chi connectivity index (χ1v) is 6.78. The van der Waals surface area contributed by atoms with Gasteiger partial charge in [0.25, 0.3) is 0 Å². The number of sulfone groups is 1. The fraction of sp³-hybridized carbons (Fsp3) is 0.444. The molecule has 17 heavy (non-hydrogen) atoms. The number of anilines is 2. The number of pyridine rings is 1. The Kier molecular flexibility index (Phi) is 2.90. The highest BCUT2D eigenvalue weighted by molar-refractivity contribution is 7.91. The summed E-state index contributed by atoms with van der Waals surface area (Å²) >= 11 is 0. The summed E-state index contributed by atoms with van der Waals surface area (Å²) in [5, 5.41) is 2.62. The first kappa shape index (κ1) is 12.0. The van der Waals surface area contributed by atoms with Crippen LogP contribution in [0.15, 0.2) is 6.07 Å². The average Bonchev–Trinajstić information content (AvgIpc) is 2.54. The zero-order chi connectivity index (χ0) is 12.6. The number of rotatable bonds is 2. The van der Waals surface area contributed by atoms with E-state index in [2.05, 4.69) is 10.3 Å². The molecule has 94 valence electrons. The van der Waals surface area contributed by atoms with Crippen LogP contribution in [0.25, 0.3) is 0 Å². The van der Waals surface area contributed by atoms with E-state index >= 15 is 0 Å². The number of nitrogens with zero attached hydrogens (tertiary/aromatic N) is 1. The van der Waals surface area contributed by atoms with E-state index in [-0.39, 0.29) is 17.3 Å². The van der Waals surface area contributed by atoms with Gasteiger partial charge < -0.3 is 11.1 Å². The van der Waals surface area contributed by atoms with Crippen molar-refractivity contribution in [2.45, 2.75) is 12.5 Å². The molecule has 3 N–H and O–H groups in total. The summed E-state index contributed by atoms with van der Waals surface area (Å²) in [7, 11) is -3.06. The van der Waals surface area contributed by atoms with Gasteiger partial charge in [0.15, 0.2) is 33.1 Å². The maximum Gasteiger partial charge on any atom is 0.168 e. The van der Waals surface area contributed by atoms with E-state index < -0.39 is 33.3 Å². The van der Waals surface area contributed by atoms with Crippen molar-refractivity contribution >= 4 is 21.5 Å². The van der Waals surface area contributed by atoms with Crippen LogP contribution in [0.4, 0.5) is 20.4 Å². The molecule has 0 aliphatic carbocycles. The van der Waals surface area contributed by atoms with Gasteiger partial charge >= 0.3 is 0 Å². The maximum absolute atomic E-state index is 13.3. The minimum absolute atomic E-state index is 0.0585. The molecule has 1 fully saturated rings. The van der Waals surface area contributed by atoms with Gasteiger partial charge in [-0.1, -0.05) is 0 Å². The molecule has 0 bridgehead atoms. The second-order valence-electron chi connectivity index (χ2n) is 3.93. The van der Waals surface area contributed by atoms with Gasteiger partial charge in [-0.3, -0.25) is 0 Å². The van der Waals surface area contributed by atoms with E-state index in [0.717, 1.165) is 0 Å². The molecule has 0 radical (unpaired) electrons. The van der Waals surface area contributed by atoms with E-state index in [1.165, 1.54) is 0 Å². The highest BCUT2D eigenvalue weighted by atomic mass is 32.2. The number of hydrogen-bond donors (Lipinski definition) is 2. The predicted molar refractivity (Wildman–Crippen MR) is 59.2 cm³/mol. The maximum atomic E-state index is 13.3. The van der Waals surface area contributed by atoms with Crippen molar-refractivity contribution in [3.05, 3.63) is 17.7 Å². The largest absolute Gasteiger partial charge is 0.381 e. The molecule has 1 aliphatic heterocycles. The zero-order valence-corrected chi connectivity index (χ0v) is 9.60. The Bertz CT molecular complexity index is 547. The molecule has 8 heteroatoms. The molecule has 2 rings (SSSR count). The van der Waals surface area contributed by atoms with Crippen molar-refractivity contribution in [2.24, 2.45) is 0 Å². The Morgan fingerprint density at radius 3 is 2.71 bits per heavy atom. The Hall–Kier alpha value is -1.44. The third kappa shape index (κ3) is 2.63. The molecule has 1 aromatic heterocycles. The monoisotopic (exact) mass is 263 g/mol. The second kappa shape index (κ2) is 4.10. The molecule has 1 aromatic rings. The van der Waals surface area contributed by atoms with Gasteiger partial charge in [-0.25, -0.2) is 22.2 Å².